The summed E-state index contributed by atoms with van der Waals surface area (Å²) in [4.78, 5) is 7.30. The van der Waals surface area contributed by atoms with Crippen molar-refractivity contribution < 1.29 is 0 Å². The fourth-order valence-corrected chi connectivity index (χ4v) is 1.26. The second-order valence-corrected chi connectivity index (χ2v) is 3.33. The Balaban J connectivity index is 2.02. The van der Waals surface area contributed by atoms with Gasteiger partial charge < -0.3 is 10.3 Å². The van der Waals surface area contributed by atoms with E-state index in [1.54, 1.807) is 0 Å². The van der Waals surface area contributed by atoms with E-state index >= 15 is 0 Å². The third-order valence-corrected chi connectivity index (χ3v) is 2.00. The summed E-state index contributed by atoms with van der Waals surface area (Å²) in [5.74, 6) is 3.60. The van der Waals surface area contributed by atoms with E-state index in [0.29, 0.717) is 0 Å². The van der Waals surface area contributed by atoms with Gasteiger partial charge in [0.25, 0.3) is 0 Å². The lowest BCUT2D eigenvalue weighted by Gasteiger charge is -2.01. The second-order valence-electron chi connectivity index (χ2n) is 3.33. The molecular formula is C11H17N3. The van der Waals surface area contributed by atoms with Crippen molar-refractivity contribution in [2.24, 2.45) is 0 Å². The lowest BCUT2D eigenvalue weighted by Crippen LogP contribution is -2.14. The van der Waals surface area contributed by atoms with E-state index in [1.807, 2.05) is 13.1 Å². The van der Waals surface area contributed by atoms with E-state index in [4.69, 9.17) is 6.42 Å². The number of terminal acetylenes is 1. The number of nitrogens with zero attached hydrogens (tertiary/aromatic N) is 1. The lowest BCUT2D eigenvalue weighted by molar-refractivity contribution is 0.623. The Morgan fingerprint density at radius 3 is 3.07 bits per heavy atom. The van der Waals surface area contributed by atoms with Crippen LogP contribution in [0.1, 0.15) is 30.8 Å². The molecule has 0 saturated heterocycles. The van der Waals surface area contributed by atoms with Crippen molar-refractivity contribution in [3.8, 4) is 12.3 Å². The second kappa shape index (κ2) is 6.22. The van der Waals surface area contributed by atoms with Gasteiger partial charge in [-0.2, -0.15) is 0 Å². The van der Waals surface area contributed by atoms with Crippen molar-refractivity contribution in [2.45, 2.75) is 32.7 Å². The molecule has 1 aromatic heterocycles. The highest BCUT2D eigenvalue weighted by Crippen LogP contribution is 1.96. The fourth-order valence-electron chi connectivity index (χ4n) is 1.26. The molecule has 14 heavy (non-hydrogen) atoms. The third kappa shape index (κ3) is 4.11. The number of nitrogens with one attached hydrogen (secondary N) is 2. The number of aryl methyl sites for hydroxylation is 1. The molecule has 0 aliphatic heterocycles. The Bertz CT molecular complexity index is 296. The number of unbranched alkanes of at least 4 members (excludes halogenated alkanes) is 2. The molecule has 76 valence electrons. The van der Waals surface area contributed by atoms with Crippen LogP contribution in [0.25, 0.3) is 0 Å². The first-order valence-electron chi connectivity index (χ1n) is 4.97. The average Bonchev–Trinajstić information content (AvgIpc) is 2.58. The SMILES string of the molecule is C#CCCCCNCc1cnc(C)[nH]1. The van der Waals surface area contributed by atoms with Gasteiger partial charge in [-0.3, -0.25) is 0 Å². The molecule has 1 rings (SSSR count). The van der Waals surface area contributed by atoms with Crippen LogP contribution in [0, 0.1) is 19.3 Å². The maximum absolute atomic E-state index is 5.15. The molecule has 0 aliphatic rings. The Hall–Kier alpha value is -1.27. The number of hydrogen-bond donors (Lipinski definition) is 2. The quantitative estimate of drug-likeness (QED) is 0.530. The van der Waals surface area contributed by atoms with E-state index in [0.717, 1.165) is 43.9 Å². The van der Waals surface area contributed by atoms with Crippen molar-refractivity contribution in [2.75, 3.05) is 6.54 Å². The molecule has 0 bridgehead atoms. The van der Waals surface area contributed by atoms with Gasteiger partial charge >= 0.3 is 0 Å². The van der Waals surface area contributed by atoms with Gasteiger partial charge in [-0.1, -0.05) is 0 Å². The van der Waals surface area contributed by atoms with Crippen LogP contribution in [-0.4, -0.2) is 16.5 Å². The molecule has 0 saturated carbocycles. The van der Waals surface area contributed by atoms with Crippen molar-refractivity contribution in [3.63, 3.8) is 0 Å². The molecule has 0 radical (unpaired) electrons. The molecule has 0 aromatic carbocycles. The van der Waals surface area contributed by atoms with Gasteiger partial charge in [0.05, 0.1) is 0 Å². The maximum atomic E-state index is 5.15. The number of hydrogen-bond acceptors (Lipinski definition) is 2. The maximum Gasteiger partial charge on any atom is 0.103 e. The van der Waals surface area contributed by atoms with Crippen LogP contribution in [-0.2, 0) is 6.54 Å². The molecule has 0 aliphatic carbocycles. The molecule has 0 fully saturated rings. The lowest BCUT2D eigenvalue weighted by atomic mass is 10.2. The summed E-state index contributed by atoms with van der Waals surface area (Å²) in [5.41, 5.74) is 1.14. The first-order chi connectivity index (χ1) is 6.83. The van der Waals surface area contributed by atoms with Gasteiger partial charge in [-0.25, -0.2) is 4.98 Å². The smallest absolute Gasteiger partial charge is 0.103 e. The van der Waals surface area contributed by atoms with Crippen LogP contribution < -0.4 is 5.32 Å². The predicted molar refractivity (Wildman–Crippen MR) is 57.7 cm³/mol. The first kappa shape index (κ1) is 10.8. The highest BCUT2D eigenvalue weighted by atomic mass is 14.9. The number of aromatic nitrogens is 2. The van der Waals surface area contributed by atoms with Crippen LogP contribution in [0.2, 0.25) is 0 Å². The zero-order valence-electron chi connectivity index (χ0n) is 8.64. The normalized spacial score (nSPS) is 10.0. The molecule has 3 heteroatoms. The largest absolute Gasteiger partial charge is 0.345 e. The number of imidazole rings is 1. The summed E-state index contributed by atoms with van der Waals surface area (Å²) in [7, 11) is 0. The molecule has 3 nitrogen and oxygen atoms in total. The molecule has 0 amide bonds. The monoisotopic (exact) mass is 191 g/mol. The van der Waals surface area contributed by atoms with Gasteiger partial charge in [0.1, 0.15) is 5.82 Å². The summed E-state index contributed by atoms with van der Waals surface area (Å²) in [6, 6.07) is 0. The predicted octanol–water partition coefficient (Wildman–Crippen LogP) is 1.61. The summed E-state index contributed by atoms with van der Waals surface area (Å²) in [6.45, 7) is 3.83. The molecular weight excluding hydrogens is 174 g/mol. The number of rotatable bonds is 6. The van der Waals surface area contributed by atoms with Gasteiger partial charge in [0, 0.05) is 24.9 Å². The zero-order valence-corrected chi connectivity index (χ0v) is 8.64. The zero-order chi connectivity index (χ0) is 10.2. The van der Waals surface area contributed by atoms with Crippen LogP contribution in [0.15, 0.2) is 6.20 Å². The summed E-state index contributed by atoms with van der Waals surface area (Å²) in [6.07, 6.45) is 10.1. The Labute approximate surface area is 85.3 Å². The highest BCUT2D eigenvalue weighted by molar-refractivity contribution is 4.99. The van der Waals surface area contributed by atoms with Crippen LogP contribution in [0.3, 0.4) is 0 Å². The fraction of sp³-hybridized carbons (Fsp3) is 0.545. The molecule has 1 aromatic rings. The van der Waals surface area contributed by atoms with Crippen LogP contribution in [0.4, 0.5) is 0 Å². The van der Waals surface area contributed by atoms with E-state index in [2.05, 4.69) is 21.2 Å². The minimum Gasteiger partial charge on any atom is -0.345 e. The van der Waals surface area contributed by atoms with Crippen molar-refractivity contribution in [1.29, 1.82) is 0 Å². The molecule has 1 heterocycles. The minimum atomic E-state index is 0.858. The third-order valence-electron chi connectivity index (χ3n) is 2.00. The minimum absolute atomic E-state index is 0.858. The Morgan fingerprint density at radius 1 is 1.57 bits per heavy atom. The van der Waals surface area contributed by atoms with Crippen LogP contribution in [0.5, 0.6) is 0 Å². The number of H-pyrrole nitrogens is 1. The van der Waals surface area contributed by atoms with Crippen LogP contribution >= 0.6 is 0 Å². The topological polar surface area (TPSA) is 40.7 Å². The molecule has 0 spiro atoms. The first-order valence-corrected chi connectivity index (χ1v) is 4.97. The van der Waals surface area contributed by atoms with Crippen molar-refractivity contribution >= 4 is 0 Å². The van der Waals surface area contributed by atoms with E-state index < -0.39 is 0 Å². The number of aromatic amines is 1. The Morgan fingerprint density at radius 2 is 2.43 bits per heavy atom. The average molecular weight is 191 g/mol. The van der Waals surface area contributed by atoms with Gasteiger partial charge in [0.2, 0.25) is 0 Å². The van der Waals surface area contributed by atoms with Gasteiger partial charge in [-0.15, -0.1) is 12.3 Å². The molecule has 0 atom stereocenters. The van der Waals surface area contributed by atoms with Gasteiger partial charge in [-0.05, 0) is 26.3 Å². The highest BCUT2D eigenvalue weighted by Gasteiger charge is 1.95. The van der Waals surface area contributed by atoms with Crippen molar-refractivity contribution in [3.05, 3.63) is 17.7 Å². The summed E-state index contributed by atoms with van der Waals surface area (Å²) in [5, 5.41) is 3.33. The summed E-state index contributed by atoms with van der Waals surface area (Å²) >= 11 is 0. The molecule has 2 N–H and O–H groups in total. The standard InChI is InChI=1S/C11H17N3/c1-3-4-5-6-7-12-8-11-9-13-10(2)14-11/h1,9,12H,4-8H2,2H3,(H,13,14). The summed E-state index contributed by atoms with van der Waals surface area (Å²) < 4.78 is 0. The molecule has 0 unspecified atom stereocenters. The van der Waals surface area contributed by atoms with E-state index in [9.17, 15) is 0 Å². The van der Waals surface area contributed by atoms with Gasteiger partial charge in [0.15, 0.2) is 0 Å². The van der Waals surface area contributed by atoms with E-state index in [-0.39, 0.29) is 0 Å². The van der Waals surface area contributed by atoms with Crippen molar-refractivity contribution in [1.82, 2.24) is 15.3 Å². The van der Waals surface area contributed by atoms with E-state index in [1.165, 1.54) is 0 Å². The Kier molecular flexibility index (Phi) is 4.81.